The van der Waals surface area contributed by atoms with E-state index in [1.54, 1.807) is 0 Å². The first-order chi connectivity index (χ1) is 8.75. The molecular weight excluding hydrogens is 246 g/mol. The lowest BCUT2D eigenvalue weighted by Crippen LogP contribution is -2.43. The van der Waals surface area contributed by atoms with Gasteiger partial charge in [-0.3, -0.25) is 9.59 Å². The summed E-state index contributed by atoms with van der Waals surface area (Å²) in [7, 11) is 0. The van der Waals surface area contributed by atoms with Gasteiger partial charge in [-0.25, -0.2) is 0 Å². The second-order valence-electron chi connectivity index (χ2n) is 5.47. The molecular formula is C14H19NO2S. The summed E-state index contributed by atoms with van der Waals surface area (Å²) in [6.07, 6.45) is 9.67. The summed E-state index contributed by atoms with van der Waals surface area (Å²) in [5, 5.41) is 0.144. The third kappa shape index (κ3) is 2.22. The Hall–Kier alpha value is -0.770. The molecule has 0 aromatic heterocycles. The number of rotatable bonds is 1. The molecule has 1 atom stereocenters. The highest BCUT2D eigenvalue weighted by atomic mass is 32.2. The zero-order valence-electron chi connectivity index (χ0n) is 10.6. The predicted octanol–water partition coefficient (Wildman–Crippen LogP) is 2.72. The van der Waals surface area contributed by atoms with E-state index in [0.717, 1.165) is 37.0 Å². The molecule has 0 aromatic rings. The highest BCUT2D eigenvalue weighted by Crippen LogP contribution is 2.39. The van der Waals surface area contributed by atoms with Crippen LogP contribution in [0.1, 0.15) is 44.9 Å². The Morgan fingerprint density at radius 1 is 1.11 bits per heavy atom. The molecule has 3 aliphatic rings. The number of hydrogen-bond donors (Lipinski definition) is 0. The highest BCUT2D eigenvalue weighted by molar-refractivity contribution is 8.17. The van der Waals surface area contributed by atoms with Crippen LogP contribution in [-0.2, 0) is 9.59 Å². The van der Waals surface area contributed by atoms with Crippen molar-refractivity contribution >= 4 is 22.8 Å². The Kier molecular flexibility index (Phi) is 3.46. The van der Waals surface area contributed by atoms with E-state index in [9.17, 15) is 9.59 Å². The van der Waals surface area contributed by atoms with Crippen molar-refractivity contribution in [2.24, 2.45) is 5.92 Å². The molecule has 2 fully saturated rings. The van der Waals surface area contributed by atoms with Crippen LogP contribution in [0.15, 0.2) is 11.0 Å². The molecule has 0 N–H and O–H groups in total. The molecule has 0 spiro atoms. The molecule has 4 heteroatoms. The van der Waals surface area contributed by atoms with Gasteiger partial charge in [-0.2, -0.15) is 0 Å². The second kappa shape index (κ2) is 5.08. The molecule has 1 amide bonds. The Labute approximate surface area is 112 Å². The number of fused-ring (bicyclic) bond motifs is 1. The molecule has 0 aromatic carbocycles. The molecule has 1 aliphatic heterocycles. The van der Waals surface area contributed by atoms with E-state index >= 15 is 0 Å². The average molecular weight is 265 g/mol. The van der Waals surface area contributed by atoms with Gasteiger partial charge in [0.15, 0.2) is 0 Å². The van der Waals surface area contributed by atoms with Gasteiger partial charge in [-0.1, -0.05) is 30.7 Å². The molecule has 98 valence electrons. The Bertz CT molecular complexity index is 399. The maximum absolute atomic E-state index is 12.6. The third-order valence-corrected chi connectivity index (χ3v) is 5.31. The van der Waals surface area contributed by atoms with Gasteiger partial charge in [0.1, 0.15) is 0 Å². The molecule has 1 heterocycles. The van der Waals surface area contributed by atoms with Crippen molar-refractivity contribution in [1.29, 1.82) is 0 Å². The minimum absolute atomic E-state index is 0.0178. The van der Waals surface area contributed by atoms with Gasteiger partial charge in [0.25, 0.3) is 0 Å². The zero-order chi connectivity index (χ0) is 12.5. The van der Waals surface area contributed by atoms with Gasteiger partial charge in [-0.05, 0) is 32.1 Å². The fraction of sp³-hybridized carbons (Fsp3) is 0.714. The van der Waals surface area contributed by atoms with E-state index in [4.69, 9.17) is 0 Å². The molecule has 0 radical (unpaired) electrons. The molecule has 1 unspecified atom stereocenters. The van der Waals surface area contributed by atoms with Crippen LogP contribution in [0, 0.1) is 5.92 Å². The van der Waals surface area contributed by atoms with Crippen LogP contribution in [0.2, 0.25) is 0 Å². The first-order valence-corrected chi connectivity index (χ1v) is 7.78. The number of amides is 1. The van der Waals surface area contributed by atoms with Crippen molar-refractivity contribution in [2.45, 2.75) is 51.0 Å². The maximum atomic E-state index is 12.6. The lowest BCUT2D eigenvalue weighted by molar-refractivity contribution is -0.138. The molecule has 3 nitrogen and oxygen atoms in total. The van der Waals surface area contributed by atoms with E-state index in [0.29, 0.717) is 12.6 Å². The number of hydrogen-bond acceptors (Lipinski definition) is 3. The highest BCUT2D eigenvalue weighted by Gasteiger charge is 2.38. The number of allylic oxidation sites excluding steroid dienone is 1. The summed E-state index contributed by atoms with van der Waals surface area (Å²) in [6.45, 7) is 0.321. The normalized spacial score (nSPS) is 30.1. The molecule has 0 bridgehead atoms. The SMILES string of the molecule is O=C1CN(C2CCCC2)C(=O)C2CCCC=C2S1. The largest absolute Gasteiger partial charge is 0.331 e. The quantitative estimate of drug-likeness (QED) is 0.731. The topological polar surface area (TPSA) is 37.4 Å². The number of thioether (sulfide) groups is 1. The Morgan fingerprint density at radius 3 is 2.67 bits per heavy atom. The van der Waals surface area contributed by atoms with Crippen LogP contribution < -0.4 is 0 Å². The van der Waals surface area contributed by atoms with Crippen LogP contribution >= 0.6 is 11.8 Å². The van der Waals surface area contributed by atoms with Crippen molar-refractivity contribution in [2.75, 3.05) is 6.54 Å². The number of carbonyl (C=O) groups is 2. The van der Waals surface area contributed by atoms with Crippen molar-refractivity contribution in [3.05, 3.63) is 11.0 Å². The summed E-state index contributed by atoms with van der Waals surface area (Å²) in [5.41, 5.74) is 0. The number of carbonyl (C=O) groups excluding carboxylic acids is 2. The summed E-state index contributed by atoms with van der Waals surface area (Å²) in [6, 6.07) is 0.323. The van der Waals surface area contributed by atoms with Crippen molar-refractivity contribution < 1.29 is 9.59 Å². The van der Waals surface area contributed by atoms with Crippen LogP contribution in [0.4, 0.5) is 0 Å². The van der Waals surface area contributed by atoms with Crippen LogP contribution in [0.5, 0.6) is 0 Å². The summed E-state index contributed by atoms with van der Waals surface area (Å²) in [4.78, 5) is 27.5. The van der Waals surface area contributed by atoms with Crippen LogP contribution in [0.3, 0.4) is 0 Å². The monoisotopic (exact) mass is 265 g/mol. The van der Waals surface area contributed by atoms with Crippen LogP contribution in [-0.4, -0.2) is 28.5 Å². The van der Waals surface area contributed by atoms with E-state index in [-0.39, 0.29) is 16.9 Å². The van der Waals surface area contributed by atoms with Gasteiger partial charge >= 0.3 is 0 Å². The molecule has 1 saturated heterocycles. The number of nitrogens with zero attached hydrogens (tertiary/aromatic N) is 1. The minimum atomic E-state index is -0.0178. The van der Waals surface area contributed by atoms with Crippen LogP contribution in [0.25, 0.3) is 0 Å². The van der Waals surface area contributed by atoms with Gasteiger partial charge in [-0.15, -0.1) is 0 Å². The second-order valence-corrected chi connectivity index (χ2v) is 6.60. The first-order valence-electron chi connectivity index (χ1n) is 6.97. The van der Waals surface area contributed by atoms with Gasteiger partial charge in [0.2, 0.25) is 11.0 Å². The zero-order valence-corrected chi connectivity index (χ0v) is 11.4. The lowest BCUT2D eigenvalue weighted by atomic mass is 9.93. The van der Waals surface area contributed by atoms with E-state index < -0.39 is 0 Å². The minimum Gasteiger partial charge on any atom is -0.331 e. The summed E-state index contributed by atoms with van der Waals surface area (Å²) >= 11 is 1.32. The summed E-state index contributed by atoms with van der Waals surface area (Å²) in [5.74, 6) is 0.196. The standard InChI is InChI=1S/C14H19NO2S/c16-13-9-15(10-5-1-2-6-10)14(17)11-7-3-4-8-12(11)18-13/h8,10-11H,1-7,9H2. The smallest absolute Gasteiger partial charge is 0.231 e. The summed E-state index contributed by atoms with van der Waals surface area (Å²) < 4.78 is 0. The Morgan fingerprint density at radius 2 is 1.89 bits per heavy atom. The van der Waals surface area contributed by atoms with Crippen molar-refractivity contribution in [3.63, 3.8) is 0 Å². The maximum Gasteiger partial charge on any atom is 0.231 e. The molecule has 1 saturated carbocycles. The van der Waals surface area contributed by atoms with Gasteiger partial charge < -0.3 is 4.90 Å². The molecule has 2 aliphatic carbocycles. The van der Waals surface area contributed by atoms with E-state index in [2.05, 4.69) is 6.08 Å². The molecule has 18 heavy (non-hydrogen) atoms. The molecule has 3 rings (SSSR count). The fourth-order valence-corrected chi connectivity index (χ4v) is 4.34. The van der Waals surface area contributed by atoms with Crippen molar-refractivity contribution in [1.82, 2.24) is 4.90 Å². The van der Waals surface area contributed by atoms with Gasteiger partial charge in [0.05, 0.1) is 12.5 Å². The average Bonchev–Trinajstić information content (AvgIpc) is 2.85. The third-order valence-electron chi connectivity index (χ3n) is 4.26. The fourth-order valence-electron chi connectivity index (χ4n) is 3.31. The van der Waals surface area contributed by atoms with Crippen molar-refractivity contribution in [3.8, 4) is 0 Å². The predicted molar refractivity (Wildman–Crippen MR) is 72.0 cm³/mol. The lowest BCUT2D eigenvalue weighted by Gasteiger charge is -2.30. The Balaban J connectivity index is 1.86. The van der Waals surface area contributed by atoms with E-state index in [1.807, 2.05) is 4.90 Å². The van der Waals surface area contributed by atoms with Gasteiger partial charge in [0, 0.05) is 10.9 Å². The first kappa shape index (κ1) is 12.3. The van der Waals surface area contributed by atoms with E-state index in [1.165, 1.54) is 24.6 Å².